The number of alkyl halides is 1. The number of hydrogen-bond acceptors (Lipinski definition) is 1. The Morgan fingerprint density at radius 1 is 1.00 bits per heavy atom. The van der Waals surface area contributed by atoms with Gasteiger partial charge in [-0.2, -0.15) is 0 Å². The normalized spacial score (nSPS) is 13.6. The predicted molar refractivity (Wildman–Crippen MR) is 88.1 cm³/mol. The number of rotatable bonds is 8. The summed E-state index contributed by atoms with van der Waals surface area (Å²) in [7, 11) is 0. The molecular formula is C18H23ClNO+. The van der Waals surface area contributed by atoms with Crippen LogP contribution in [-0.2, 0) is 6.54 Å². The average molecular weight is 305 g/mol. The maximum Gasteiger partial charge on any atom is 0.140 e. The number of halogens is 1. The molecule has 0 aliphatic heterocycles. The molecule has 0 spiro atoms. The number of hydrogen-bond donors (Lipinski definition) is 1. The van der Waals surface area contributed by atoms with Gasteiger partial charge in [-0.25, -0.2) is 0 Å². The van der Waals surface area contributed by atoms with Gasteiger partial charge in [-0.05, 0) is 19.1 Å². The predicted octanol–water partition coefficient (Wildman–Crippen LogP) is 2.78. The van der Waals surface area contributed by atoms with Crippen LogP contribution in [0.2, 0.25) is 0 Å². The maximum absolute atomic E-state index is 5.96. The van der Waals surface area contributed by atoms with Gasteiger partial charge < -0.3 is 9.64 Å². The Balaban J connectivity index is 1.90. The molecule has 0 amide bonds. The zero-order valence-electron chi connectivity index (χ0n) is 12.5. The molecule has 1 N–H and O–H groups in total. The summed E-state index contributed by atoms with van der Waals surface area (Å²) in [5.74, 6) is 1.59. The molecule has 0 radical (unpaired) electrons. The van der Waals surface area contributed by atoms with E-state index in [1.165, 1.54) is 10.5 Å². The highest BCUT2D eigenvalue weighted by Gasteiger charge is 2.18. The first kappa shape index (κ1) is 15.9. The van der Waals surface area contributed by atoms with Crippen LogP contribution in [0.4, 0.5) is 0 Å². The lowest BCUT2D eigenvalue weighted by atomic mass is 10.2. The van der Waals surface area contributed by atoms with E-state index in [0.29, 0.717) is 18.5 Å². The summed E-state index contributed by atoms with van der Waals surface area (Å²) in [6.45, 7) is 4.83. The van der Waals surface area contributed by atoms with E-state index in [0.717, 1.165) is 18.8 Å². The van der Waals surface area contributed by atoms with Gasteiger partial charge in [0.1, 0.15) is 24.9 Å². The Bertz CT molecular complexity index is 503. The highest BCUT2D eigenvalue weighted by atomic mass is 35.5. The largest absolute Gasteiger partial charge is 0.487 e. The van der Waals surface area contributed by atoms with Crippen LogP contribution in [0, 0.1) is 0 Å². The molecule has 2 atom stereocenters. The fourth-order valence-electron chi connectivity index (χ4n) is 2.34. The SMILES string of the molecule is CC(COc1ccccc1)[NH+](CCCl)Cc1ccccc1. The van der Waals surface area contributed by atoms with Gasteiger partial charge in [0.25, 0.3) is 0 Å². The smallest absolute Gasteiger partial charge is 0.140 e. The first-order chi connectivity index (χ1) is 10.3. The van der Waals surface area contributed by atoms with E-state index >= 15 is 0 Å². The second-order valence-electron chi connectivity index (χ2n) is 5.28. The van der Waals surface area contributed by atoms with Gasteiger partial charge >= 0.3 is 0 Å². The Morgan fingerprint density at radius 3 is 2.24 bits per heavy atom. The number of quaternary nitrogens is 1. The summed E-state index contributed by atoms with van der Waals surface area (Å²) in [5.41, 5.74) is 1.34. The van der Waals surface area contributed by atoms with E-state index in [2.05, 4.69) is 31.2 Å². The van der Waals surface area contributed by atoms with Gasteiger partial charge in [0.05, 0.1) is 12.4 Å². The van der Waals surface area contributed by atoms with Gasteiger partial charge in [-0.1, -0.05) is 48.5 Å². The molecule has 2 unspecified atom stereocenters. The Hall–Kier alpha value is -1.51. The quantitative estimate of drug-likeness (QED) is 0.741. The average Bonchev–Trinajstić information content (AvgIpc) is 2.54. The fraction of sp³-hybridized carbons (Fsp3) is 0.333. The van der Waals surface area contributed by atoms with Gasteiger partial charge in [0.15, 0.2) is 0 Å². The lowest BCUT2D eigenvalue weighted by Crippen LogP contribution is -3.15. The molecule has 3 heteroatoms. The molecule has 0 bridgehead atoms. The van der Waals surface area contributed by atoms with Crippen molar-refractivity contribution < 1.29 is 9.64 Å². The molecule has 2 rings (SSSR count). The first-order valence-corrected chi connectivity index (χ1v) is 7.95. The molecule has 112 valence electrons. The third kappa shape index (κ3) is 5.41. The van der Waals surface area contributed by atoms with Crippen LogP contribution < -0.4 is 9.64 Å². The van der Waals surface area contributed by atoms with Gasteiger partial charge in [0.2, 0.25) is 0 Å². The highest BCUT2D eigenvalue weighted by molar-refractivity contribution is 6.17. The molecule has 0 aliphatic carbocycles. The third-order valence-corrected chi connectivity index (χ3v) is 3.82. The standard InChI is InChI=1S/C18H22ClNO/c1-16(15-21-18-10-6-3-7-11-18)20(13-12-19)14-17-8-4-2-5-9-17/h2-11,16H,12-15H2,1H3/p+1. The minimum absolute atomic E-state index is 0.393. The van der Waals surface area contributed by atoms with E-state index in [9.17, 15) is 0 Å². The van der Waals surface area contributed by atoms with Crippen molar-refractivity contribution in [1.29, 1.82) is 0 Å². The third-order valence-electron chi connectivity index (χ3n) is 3.63. The van der Waals surface area contributed by atoms with Crippen molar-refractivity contribution in [1.82, 2.24) is 0 Å². The van der Waals surface area contributed by atoms with Crippen LogP contribution in [0.5, 0.6) is 5.75 Å². The monoisotopic (exact) mass is 304 g/mol. The van der Waals surface area contributed by atoms with Crippen LogP contribution >= 0.6 is 11.6 Å². The molecular weight excluding hydrogens is 282 g/mol. The molecule has 0 aromatic heterocycles. The molecule has 21 heavy (non-hydrogen) atoms. The minimum Gasteiger partial charge on any atom is -0.487 e. The molecule has 2 nitrogen and oxygen atoms in total. The van der Waals surface area contributed by atoms with Crippen LogP contribution in [0.3, 0.4) is 0 Å². The van der Waals surface area contributed by atoms with Crippen LogP contribution in [0.25, 0.3) is 0 Å². The second kappa shape index (κ2) is 8.71. The zero-order valence-corrected chi connectivity index (χ0v) is 13.2. The molecule has 2 aromatic carbocycles. The molecule has 2 aromatic rings. The lowest BCUT2D eigenvalue weighted by molar-refractivity contribution is -0.934. The van der Waals surface area contributed by atoms with Crippen molar-refractivity contribution in [3.63, 3.8) is 0 Å². The topological polar surface area (TPSA) is 13.7 Å². The second-order valence-corrected chi connectivity index (χ2v) is 5.66. The number of nitrogens with one attached hydrogen (secondary N) is 1. The van der Waals surface area contributed by atoms with Crippen molar-refractivity contribution in [2.24, 2.45) is 0 Å². The summed E-state index contributed by atoms with van der Waals surface area (Å²) in [5, 5.41) is 0. The van der Waals surface area contributed by atoms with Crippen molar-refractivity contribution in [3.05, 3.63) is 66.2 Å². The molecule has 0 fully saturated rings. The summed E-state index contributed by atoms with van der Waals surface area (Å²) in [4.78, 5) is 1.45. The Labute approximate surface area is 132 Å². The molecule has 0 saturated carbocycles. The molecule has 0 saturated heterocycles. The van der Waals surface area contributed by atoms with Crippen LogP contribution in [0.15, 0.2) is 60.7 Å². The summed E-state index contributed by atoms with van der Waals surface area (Å²) in [6.07, 6.45) is 0. The van der Waals surface area contributed by atoms with Crippen molar-refractivity contribution >= 4 is 11.6 Å². The van der Waals surface area contributed by atoms with Crippen molar-refractivity contribution in [3.8, 4) is 5.75 Å². The zero-order chi connectivity index (χ0) is 14.9. The van der Waals surface area contributed by atoms with E-state index in [1.54, 1.807) is 0 Å². The Morgan fingerprint density at radius 2 is 1.62 bits per heavy atom. The minimum atomic E-state index is 0.393. The molecule has 0 aliphatic rings. The van der Waals surface area contributed by atoms with Gasteiger partial charge in [-0.3, -0.25) is 0 Å². The summed E-state index contributed by atoms with van der Waals surface area (Å²) < 4.78 is 5.87. The van der Waals surface area contributed by atoms with Crippen molar-refractivity contribution in [2.75, 3.05) is 19.0 Å². The number of para-hydroxylation sites is 1. The fourth-order valence-corrected chi connectivity index (χ4v) is 2.59. The summed E-state index contributed by atoms with van der Waals surface area (Å²) in [6, 6.07) is 20.9. The van der Waals surface area contributed by atoms with E-state index in [4.69, 9.17) is 16.3 Å². The summed E-state index contributed by atoms with van der Waals surface area (Å²) >= 11 is 5.96. The van der Waals surface area contributed by atoms with E-state index < -0.39 is 0 Å². The van der Waals surface area contributed by atoms with Gasteiger partial charge in [0, 0.05) is 5.56 Å². The molecule has 0 heterocycles. The lowest BCUT2D eigenvalue weighted by Gasteiger charge is -2.25. The first-order valence-electron chi connectivity index (χ1n) is 7.42. The van der Waals surface area contributed by atoms with E-state index in [1.807, 2.05) is 36.4 Å². The number of ether oxygens (including phenoxy) is 1. The van der Waals surface area contributed by atoms with E-state index in [-0.39, 0.29) is 0 Å². The van der Waals surface area contributed by atoms with Crippen LogP contribution in [-0.4, -0.2) is 25.1 Å². The van der Waals surface area contributed by atoms with Crippen molar-refractivity contribution in [2.45, 2.75) is 19.5 Å². The Kier molecular flexibility index (Phi) is 6.58. The van der Waals surface area contributed by atoms with Gasteiger partial charge in [-0.15, -0.1) is 11.6 Å². The van der Waals surface area contributed by atoms with Crippen LogP contribution in [0.1, 0.15) is 12.5 Å². The highest BCUT2D eigenvalue weighted by Crippen LogP contribution is 2.08. The maximum atomic E-state index is 5.96. The number of benzene rings is 2.